The minimum absolute atomic E-state index is 0.141. The van der Waals surface area contributed by atoms with Crippen LogP contribution in [0.1, 0.15) is 34.1 Å². The number of anilines is 1. The molecule has 0 fully saturated rings. The number of carbonyl (C=O) groups excluding carboxylic acids is 1. The highest BCUT2D eigenvalue weighted by atomic mass is 16.4. The number of carboxylic acid groups (broad SMARTS) is 1. The Kier molecular flexibility index (Phi) is 5.93. The number of aromatic carboxylic acids is 1. The lowest BCUT2D eigenvalue weighted by molar-refractivity contribution is -0.117. The highest BCUT2D eigenvalue weighted by molar-refractivity contribution is 6.18. The Hall–Kier alpha value is -4.40. The van der Waals surface area contributed by atoms with E-state index in [0.717, 1.165) is 16.7 Å². The molecule has 0 saturated heterocycles. The van der Waals surface area contributed by atoms with Gasteiger partial charge in [0.25, 0.3) is 5.91 Å². The lowest BCUT2D eigenvalue weighted by Crippen LogP contribution is -2.29. The average Bonchev–Trinajstić information content (AvgIpc) is 3.09. The molecule has 1 unspecified atom stereocenters. The lowest BCUT2D eigenvalue weighted by Gasteiger charge is -2.14. The predicted octanol–water partition coefficient (Wildman–Crippen LogP) is 4.95. The highest BCUT2D eigenvalue weighted by Crippen LogP contribution is 2.38. The second kappa shape index (κ2) is 8.86. The molecule has 2 aromatic carbocycles. The maximum absolute atomic E-state index is 13.0. The van der Waals surface area contributed by atoms with Crippen molar-refractivity contribution in [2.24, 2.45) is 15.3 Å². The summed E-state index contributed by atoms with van der Waals surface area (Å²) in [4.78, 5) is 28.4. The summed E-state index contributed by atoms with van der Waals surface area (Å²) >= 11 is 0. The molecule has 2 heterocycles. The second-order valence-corrected chi connectivity index (χ2v) is 8.17. The number of hydrogen-bond acceptors (Lipinski definition) is 7. The fraction of sp³-hybridized carbons (Fsp3) is 0.200. The minimum atomic E-state index is -1.17. The van der Waals surface area contributed by atoms with Gasteiger partial charge in [0.1, 0.15) is 11.4 Å². The third-order valence-electron chi connectivity index (χ3n) is 5.59. The number of hydrazone groups is 1. The Bertz CT molecular complexity index is 1380. The third-order valence-corrected chi connectivity index (χ3v) is 5.59. The Morgan fingerprint density at radius 2 is 1.79 bits per heavy atom. The normalized spacial score (nSPS) is 15.8. The largest absolute Gasteiger partial charge is 0.505 e. The zero-order valence-corrected chi connectivity index (χ0v) is 19.1. The Morgan fingerprint density at radius 3 is 2.50 bits per heavy atom. The number of phenols is 1. The summed E-state index contributed by atoms with van der Waals surface area (Å²) in [5.74, 6) is -1.72. The van der Waals surface area contributed by atoms with Crippen molar-refractivity contribution in [1.29, 1.82) is 0 Å². The number of rotatable bonds is 5. The molecular formula is C25H23N5O4. The van der Waals surface area contributed by atoms with E-state index in [-0.39, 0.29) is 28.7 Å². The third kappa shape index (κ3) is 4.27. The van der Waals surface area contributed by atoms with E-state index < -0.39 is 12.0 Å². The van der Waals surface area contributed by atoms with Gasteiger partial charge in [0.15, 0.2) is 11.8 Å². The van der Waals surface area contributed by atoms with Gasteiger partial charge < -0.3 is 10.2 Å². The van der Waals surface area contributed by atoms with Crippen LogP contribution in [0.25, 0.3) is 11.3 Å². The van der Waals surface area contributed by atoms with Gasteiger partial charge >= 0.3 is 5.97 Å². The standard InChI is InChI=1S/C25H23N5O4/c1-13-10-18(19-6-5-7-20(26-19)25(33)34)23(31)21(11-13)27-28-22-16(4)29-30(24(22)32)17-9-8-14(2)15(3)12-17/h5-12,22,31H,1-4H3,(H,33,34). The number of amides is 1. The fourth-order valence-corrected chi connectivity index (χ4v) is 3.59. The van der Waals surface area contributed by atoms with Crippen molar-refractivity contribution in [3.05, 3.63) is 70.9 Å². The molecule has 0 bridgehead atoms. The van der Waals surface area contributed by atoms with Gasteiger partial charge in [0.2, 0.25) is 0 Å². The first-order valence-corrected chi connectivity index (χ1v) is 10.6. The van der Waals surface area contributed by atoms with Crippen LogP contribution in [0.3, 0.4) is 0 Å². The van der Waals surface area contributed by atoms with Crippen LogP contribution < -0.4 is 5.01 Å². The van der Waals surface area contributed by atoms with Crippen LogP contribution in [0.5, 0.6) is 5.75 Å². The number of carbonyl (C=O) groups is 2. The van der Waals surface area contributed by atoms with Crippen molar-refractivity contribution in [1.82, 2.24) is 4.98 Å². The quantitative estimate of drug-likeness (QED) is 0.524. The van der Waals surface area contributed by atoms with E-state index in [0.29, 0.717) is 17.0 Å². The molecule has 2 N–H and O–H groups in total. The molecule has 1 aliphatic heterocycles. The van der Waals surface area contributed by atoms with E-state index in [4.69, 9.17) is 0 Å². The molecule has 1 aliphatic rings. The van der Waals surface area contributed by atoms with Gasteiger partial charge in [-0.1, -0.05) is 12.1 Å². The van der Waals surface area contributed by atoms with E-state index in [1.54, 1.807) is 38.1 Å². The van der Waals surface area contributed by atoms with Crippen LogP contribution in [0.4, 0.5) is 11.4 Å². The summed E-state index contributed by atoms with van der Waals surface area (Å²) in [5, 5.41) is 34.0. The summed E-state index contributed by atoms with van der Waals surface area (Å²) in [7, 11) is 0. The van der Waals surface area contributed by atoms with Crippen LogP contribution in [0.2, 0.25) is 0 Å². The molecule has 0 aliphatic carbocycles. The SMILES string of the molecule is CC1=NN(c2ccc(C)c(C)c2)C(=O)C1N=Nc1cc(C)cc(-c2cccc(C(=O)O)n2)c1O. The summed E-state index contributed by atoms with van der Waals surface area (Å²) in [5.41, 5.74) is 4.64. The molecule has 1 atom stereocenters. The number of pyridine rings is 1. The van der Waals surface area contributed by atoms with Crippen molar-refractivity contribution in [3.63, 3.8) is 0 Å². The zero-order valence-electron chi connectivity index (χ0n) is 19.1. The molecule has 1 aromatic heterocycles. The Morgan fingerprint density at radius 1 is 1.03 bits per heavy atom. The average molecular weight is 457 g/mol. The van der Waals surface area contributed by atoms with Crippen molar-refractivity contribution < 1.29 is 19.8 Å². The number of nitrogens with zero attached hydrogens (tertiary/aromatic N) is 5. The second-order valence-electron chi connectivity index (χ2n) is 8.17. The van der Waals surface area contributed by atoms with E-state index in [2.05, 4.69) is 20.3 Å². The van der Waals surface area contributed by atoms with Crippen molar-refractivity contribution in [2.45, 2.75) is 33.7 Å². The number of azo groups is 1. The van der Waals surface area contributed by atoms with Crippen LogP contribution >= 0.6 is 0 Å². The molecule has 9 heteroatoms. The molecule has 9 nitrogen and oxygen atoms in total. The fourth-order valence-electron chi connectivity index (χ4n) is 3.59. The number of aromatic nitrogens is 1. The zero-order chi connectivity index (χ0) is 24.6. The number of aryl methyl sites for hydroxylation is 3. The van der Waals surface area contributed by atoms with Gasteiger partial charge in [0, 0.05) is 5.56 Å². The van der Waals surface area contributed by atoms with Gasteiger partial charge in [-0.2, -0.15) is 20.3 Å². The molecule has 3 aromatic rings. The number of benzene rings is 2. The summed E-state index contributed by atoms with van der Waals surface area (Å²) in [6.07, 6.45) is 0. The van der Waals surface area contributed by atoms with Crippen molar-refractivity contribution >= 4 is 29.0 Å². The molecule has 0 radical (unpaired) electrons. The summed E-state index contributed by atoms with van der Waals surface area (Å²) < 4.78 is 0. The monoisotopic (exact) mass is 457 g/mol. The number of carboxylic acids is 1. The topological polar surface area (TPSA) is 128 Å². The highest BCUT2D eigenvalue weighted by Gasteiger charge is 2.35. The van der Waals surface area contributed by atoms with E-state index >= 15 is 0 Å². The Labute approximate surface area is 196 Å². The van der Waals surface area contributed by atoms with Crippen LogP contribution in [-0.2, 0) is 4.79 Å². The molecule has 4 rings (SSSR count). The lowest BCUT2D eigenvalue weighted by atomic mass is 10.0. The maximum atomic E-state index is 13.0. The van der Waals surface area contributed by atoms with Gasteiger partial charge in [-0.25, -0.2) is 9.78 Å². The molecule has 172 valence electrons. The van der Waals surface area contributed by atoms with E-state index in [1.165, 1.54) is 11.1 Å². The smallest absolute Gasteiger partial charge is 0.354 e. The van der Waals surface area contributed by atoms with Crippen LogP contribution in [0, 0.1) is 20.8 Å². The minimum Gasteiger partial charge on any atom is -0.505 e. The molecular weight excluding hydrogens is 434 g/mol. The first-order chi connectivity index (χ1) is 16.2. The van der Waals surface area contributed by atoms with Gasteiger partial charge in [-0.3, -0.25) is 4.79 Å². The van der Waals surface area contributed by atoms with Gasteiger partial charge in [0.05, 0.1) is 17.1 Å². The first kappa shape index (κ1) is 22.8. The van der Waals surface area contributed by atoms with Crippen molar-refractivity contribution in [2.75, 3.05) is 5.01 Å². The Balaban J connectivity index is 1.65. The van der Waals surface area contributed by atoms with E-state index in [1.807, 2.05) is 32.0 Å². The molecule has 0 saturated carbocycles. The van der Waals surface area contributed by atoms with Crippen LogP contribution in [-0.4, -0.2) is 38.8 Å². The van der Waals surface area contributed by atoms with Crippen molar-refractivity contribution in [3.8, 4) is 17.0 Å². The molecule has 1 amide bonds. The summed E-state index contributed by atoms with van der Waals surface area (Å²) in [6.45, 7) is 7.46. The van der Waals surface area contributed by atoms with Crippen LogP contribution in [0.15, 0.2) is 63.9 Å². The molecule has 0 spiro atoms. The maximum Gasteiger partial charge on any atom is 0.354 e. The number of aromatic hydroxyl groups is 1. The molecule has 34 heavy (non-hydrogen) atoms. The number of phenolic OH excluding ortho intramolecular Hbond substituents is 1. The predicted molar refractivity (Wildman–Crippen MR) is 128 cm³/mol. The number of hydrogen-bond donors (Lipinski definition) is 2. The summed E-state index contributed by atoms with van der Waals surface area (Å²) in [6, 6.07) is 12.5. The first-order valence-electron chi connectivity index (χ1n) is 10.6. The van der Waals surface area contributed by atoms with Gasteiger partial charge in [-0.15, -0.1) is 0 Å². The van der Waals surface area contributed by atoms with E-state index in [9.17, 15) is 19.8 Å². The van der Waals surface area contributed by atoms with Gasteiger partial charge in [-0.05, 0) is 80.8 Å².